The highest BCUT2D eigenvalue weighted by atomic mass is 19.1. The minimum atomic E-state index is -0.543. The van der Waals surface area contributed by atoms with Gasteiger partial charge >= 0.3 is 5.69 Å². The highest BCUT2D eigenvalue weighted by Crippen LogP contribution is 2.20. The summed E-state index contributed by atoms with van der Waals surface area (Å²) >= 11 is 0. The number of nitrogens with zero attached hydrogens (tertiary/aromatic N) is 2. The summed E-state index contributed by atoms with van der Waals surface area (Å²) in [6.45, 7) is 0.281. The van der Waals surface area contributed by atoms with Crippen LogP contribution in [0.1, 0.15) is 5.56 Å². The van der Waals surface area contributed by atoms with Crippen LogP contribution in [-0.2, 0) is 17.9 Å². The molecule has 0 spiro atoms. The molecular formula is C23H19FN4O2. The zero-order valence-corrected chi connectivity index (χ0v) is 16.0. The first-order valence-corrected chi connectivity index (χ1v) is 9.43. The van der Waals surface area contributed by atoms with Crippen molar-refractivity contribution in [1.29, 1.82) is 0 Å². The number of anilines is 2. The van der Waals surface area contributed by atoms with Gasteiger partial charge in [-0.2, -0.15) is 4.98 Å². The quantitative estimate of drug-likeness (QED) is 0.515. The summed E-state index contributed by atoms with van der Waals surface area (Å²) in [5.74, 6) is -0.438. The topological polar surface area (TPSA) is 76.0 Å². The van der Waals surface area contributed by atoms with Crippen molar-refractivity contribution in [3.63, 3.8) is 0 Å². The van der Waals surface area contributed by atoms with Crippen LogP contribution in [0.15, 0.2) is 83.7 Å². The second-order valence-corrected chi connectivity index (χ2v) is 6.74. The molecule has 4 rings (SSSR count). The lowest BCUT2D eigenvalue weighted by atomic mass is 10.2. The molecule has 1 aromatic heterocycles. The molecule has 1 amide bonds. The Bertz CT molecular complexity index is 1260. The highest BCUT2D eigenvalue weighted by Gasteiger charge is 2.13. The van der Waals surface area contributed by atoms with Crippen LogP contribution >= 0.6 is 0 Å². The van der Waals surface area contributed by atoms with E-state index in [-0.39, 0.29) is 6.54 Å². The maximum Gasteiger partial charge on any atom is 0.350 e. The fourth-order valence-corrected chi connectivity index (χ4v) is 3.21. The molecule has 30 heavy (non-hydrogen) atoms. The van der Waals surface area contributed by atoms with Crippen molar-refractivity contribution in [2.24, 2.45) is 0 Å². The van der Waals surface area contributed by atoms with Crippen LogP contribution in [0.3, 0.4) is 0 Å². The van der Waals surface area contributed by atoms with E-state index in [2.05, 4.69) is 15.6 Å². The number of hydrogen-bond acceptors (Lipinski definition) is 4. The minimum absolute atomic E-state index is 0.234. The number of rotatable bonds is 6. The molecule has 0 saturated carbocycles. The standard InChI is InChI=1S/C23H19FN4O2/c24-17-9-6-10-18(13-17)26-21(29)15-28-20-12-5-4-11-19(20)22(27-23(28)30)25-14-16-7-2-1-3-8-16/h1-13H,14-15H2,(H,26,29)(H,25,27,30). The first kappa shape index (κ1) is 19.3. The van der Waals surface area contributed by atoms with E-state index >= 15 is 0 Å². The summed E-state index contributed by atoms with van der Waals surface area (Å²) in [7, 11) is 0. The van der Waals surface area contributed by atoms with Crippen LogP contribution in [0.5, 0.6) is 0 Å². The van der Waals surface area contributed by atoms with E-state index in [4.69, 9.17) is 0 Å². The molecule has 3 aromatic carbocycles. The van der Waals surface area contributed by atoms with Crippen molar-refractivity contribution < 1.29 is 9.18 Å². The van der Waals surface area contributed by atoms with Crippen molar-refractivity contribution >= 4 is 28.3 Å². The summed E-state index contributed by atoms with van der Waals surface area (Å²) in [5, 5.41) is 6.54. The molecule has 4 aromatic rings. The third-order valence-electron chi connectivity index (χ3n) is 4.60. The number of halogens is 1. The second kappa shape index (κ2) is 8.57. The third kappa shape index (κ3) is 4.35. The number of para-hydroxylation sites is 1. The normalized spacial score (nSPS) is 10.7. The van der Waals surface area contributed by atoms with Crippen molar-refractivity contribution in [2.75, 3.05) is 10.6 Å². The van der Waals surface area contributed by atoms with E-state index in [0.29, 0.717) is 23.6 Å². The average Bonchev–Trinajstić information content (AvgIpc) is 2.75. The number of nitrogens with one attached hydrogen (secondary N) is 2. The molecular weight excluding hydrogens is 383 g/mol. The lowest BCUT2D eigenvalue weighted by Gasteiger charge is -2.14. The molecule has 0 aliphatic carbocycles. The van der Waals surface area contributed by atoms with Gasteiger partial charge in [-0.15, -0.1) is 0 Å². The molecule has 0 aliphatic heterocycles. The van der Waals surface area contributed by atoms with Gasteiger partial charge in [-0.25, -0.2) is 9.18 Å². The Morgan fingerprint density at radius 3 is 2.53 bits per heavy atom. The van der Waals surface area contributed by atoms with E-state index in [9.17, 15) is 14.0 Å². The van der Waals surface area contributed by atoms with Gasteiger partial charge in [0.05, 0.1) is 5.52 Å². The van der Waals surface area contributed by atoms with Gasteiger partial charge in [-0.05, 0) is 35.9 Å². The lowest BCUT2D eigenvalue weighted by Crippen LogP contribution is -2.30. The van der Waals surface area contributed by atoms with E-state index in [1.165, 1.54) is 22.8 Å². The number of hydrogen-bond donors (Lipinski definition) is 2. The Hall–Kier alpha value is -4.00. The molecule has 6 nitrogen and oxygen atoms in total. The van der Waals surface area contributed by atoms with Crippen LogP contribution in [0, 0.1) is 5.82 Å². The zero-order chi connectivity index (χ0) is 20.9. The first-order chi connectivity index (χ1) is 14.6. The Labute approximate surface area is 172 Å². The van der Waals surface area contributed by atoms with Crippen LogP contribution in [0.4, 0.5) is 15.9 Å². The van der Waals surface area contributed by atoms with E-state index < -0.39 is 17.4 Å². The second-order valence-electron chi connectivity index (χ2n) is 6.74. The molecule has 2 N–H and O–H groups in total. The SMILES string of the molecule is O=C(Cn1c(=O)nc(NCc2ccccc2)c2ccccc21)Nc1cccc(F)c1. The van der Waals surface area contributed by atoms with Crippen LogP contribution < -0.4 is 16.3 Å². The fraction of sp³-hybridized carbons (Fsp3) is 0.0870. The lowest BCUT2D eigenvalue weighted by molar-refractivity contribution is -0.116. The van der Waals surface area contributed by atoms with Gasteiger partial charge in [0.1, 0.15) is 18.2 Å². The molecule has 1 heterocycles. The number of aromatic nitrogens is 2. The molecule has 0 atom stereocenters. The fourth-order valence-electron chi connectivity index (χ4n) is 3.21. The van der Waals surface area contributed by atoms with Gasteiger partial charge in [0.25, 0.3) is 0 Å². The first-order valence-electron chi connectivity index (χ1n) is 9.43. The number of carbonyl (C=O) groups excluding carboxylic acids is 1. The molecule has 7 heteroatoms. The summed E-state index contributed by atoms with van der Waals surface area (Å²) in [4.78, 5) is 29.3. The molecule has 0 aliphatic rings. The third-order valence-corrected chi connectivity index (χ3v) is 4.60. The summed E-state index contributed by atoms with van der Waals surface area (Å²) in [5.41, 5.74) is 1.43. The van der Waals surface area contributed by atoms with Gasteiger partial charge in [0.2, 0.25) is 5.91 Å². The van der Waals surface area contributed by atoms with Gasteiger partial charge < -0.3 is 10.6 Å². The van der Waals surface area contributed by atoms with Gasteiger partial charge in [0.15, 0.2) is 0 Å². The zero-order valence-electron chi connectivity index (χ0n) is 16.0. The Balaban J connectivity index is 1.60. The number of fused-ring (bicyclic) bond motifs is 1. The number of benzene rings is 3. The van der Waals surface area contributed by atoms with E-state index in [1.54, 1.807) is 18.2 Å². The Morgan fingerprint density at radius 2 is 1.73 bits per heavy atom. The molecule has 0 saturated heterocycles. The Morgan fingerprint density at radius 1 is 0.967 bits per heavy atom. The van der Waals surface area contributed by atoms with E-state index in [1.807, 2.05) is 42.5 Å². The number of carbonyl (C=O) groups is 1. The molecule has 0 unspecified atom stereocenters. The smallest absolute Gasteiger partial charge is 0.350 e. The highest BCUT2D eigenvalue weighted by molar-refractivity contribution is 5.93. The summed E-state index contributed by atoms with van der Waals surface area (Å²) in [6, 6.07) is 22.6. The van der Waals surface area contributed by atoms with Crippen LogP contribution in [0.2, 0.25) is 0 Å². The van der Waals surface area contributed by atoms with Crippen molar-refractivity contribution in [3.8, 4) is 0 Å². The average molecular weight is 402 g/mol. The molecule has 150 valence electrons. The molecule has 0 bridgehead atoms. The van der Waals surface area contributed by atoms with Crippen LogP contribution in [-0.4, -0.2) is 15.5 Å². The monoisotopic (exact) mass is 402 g/mol. The van der Waals surface area contributed by atoms with Crippen LogP contribution in [0.25, 0.3) is 10.9 Å². The minimum Gasteiger partial charge on any atom is -0.365 e. The predicted octanol–water partition coefficient (Wildman–Crippen LogP) is 3.79. The van der Waals surface area contributed by atoms with E-state index in [0.717, 1.165) is 10.9 Å². The van der Waals surface area contributed by atoms with Gasteiger partial charge in [-0.3, -0.25) is 9.36 Å². The largest absolute Gasteiger partial charge is 0.365 e. The predicted molar refractivity (Wildman–Crippen MR) is 115 cm³/mol. The van der Waals surface area contributed by atoms with Gasteiger partial charge in [0, 0.05) is 17.6 Å². The Kier molecular flexibility index (Phi) is 5.52. The molecule has 0 radical (unpaired) electrons. The summed E-state index contributed by atoms with van der Waals surface area (Å²) in [6.07, 6.45) is 0. The van der Waals surface area contributed by atoms with Crippen molar-refractivity contribution in [2.45, 2.75) is 13.1 Å². The number of amides is 1. The molecule has 0 fully saturated rings. The maximum absolute atomic E-state index is 13.3. The maximum atomic E-state index is 13.3. The van der Waals surface area contributed by atoms with Crippen molar-refractivity contribution in [1.82, 2.24) is 9.55 Å². The van der Waals surface area contributed by atoms with Crippen molar-refractivity contribution in [3.05, 3.63) is 101 Å². The van der Waals surface area contributed by atoms with Gasteiger partial charge in [-0.1, -0.05) is 48.5 Å². The summed E-state index contributed by atoms with van der Waals surface area (Å²) < 4.78 is 14.6.